The Labute approximate surface area is 74.3 Å². The Balaban J connectivity index is 2.47. The number of ether oxygens (including phenoxy) is 1. The van der Waals surface area contributed by atoms with E-state index in [1.165, 1.54) is 6.07 Å². The SMILES string of the molecule is NC1COc2cc(F)cc(F)c2C1. The van der Waals surface area contributed by atoms with Crippen molar-refractivity contribution in [2.45, 2.75) is 12.5 Å². The maximum atomic E-state index is 13.1. The second-order valence-electron chi connectivity index (χ2n) is 3.14. The van der Waals surface area contributed by atoms with Crippen molar-refractivity contribution in [2.75, 3.05) is 6.61 Å². The number of benzene rings is 1. The lowest BCUT2D eigenvalue weighted by molar-refractivity contribution is 0.257. The number of hydrogen-bond donors (Lipinski definition) is 1. The van der Waals surface area contributed by atoms with Crippen molar-refractivity contribution in [2.24, 2.45) is 5.73 Å². The highest BCUT2D eigenvalue weighted by Crippen LogP contribution is 2.27. The average Bonchev–Trinajstić information content (AvgIpc) is 2.06. The number of nitrogens with two attached hydrogens (primary N) is 1. The van der Waals surface area contributed by atoms with E-state index in [9.17, 15) is 8.78 Å². The summed E-state index contributed by atoms with van der Waals surface area (Å²) < 4.78 is 30.9. The molecule has 1 aliphatic rings. The van der Waals surface area contributed by atoms with Crippen LogP contribution in [0, 0.1) is 11.6 Å². The standard InChI is InChI=1S/C9H9F2NO/c10-5-1-8(11)7-3-6(12)4-13-9(7)2-5/h1-2,6H,3-4,12H2. The fourth-order valence-corrected chi connectivity index (χ4v) is 1.42. The molecule has 13 heavy (non-hydrogen) atoms. The van der Waals surface area contributed by atoms with Gasteiger partial charge in [0, 0.05) is 23.7 Å². The third-order valence-corrected chi connectivity index (χ3v) is 2.04. The van der Waals surface area contributed by atoms with E-state index in [1.807, 2.05) is 0 Å². The van der Waals surface area contributed by atoms with Gasteiger partial charge in [-0.25, -0.2) is 8.78 Å². The van der Waals surface area contributed by atoms with Crippen LogP contribution in [0.2, 0.25) is 0 Å². The minimum absolute atomic E-state index is 0.201. The molecule has 1 aromatic rings. The molecule has 1 aliphatic heterocycles. The molecule has 0 radical (unpaired) electrons. The van der Waals surface area contributed by atoms with Gasteiger partial charge in [0.25, 0.3) is 0 Å². The van der Waals surface area contributed by atoms with Crippen LogP contribution in [0.4, 0.5) is 8.78 Å². The number of rotatable bonds is 0. The van der Waals surface area contributed by atoms with Gasteiger partial charge in [-0.2, -0.15) is 0 Å². The first-order valence-corrected chi connectivity index (χ1v) is 4.03. The zero-order chi connectivity index (χ0) is 9.42. The molecule has 4 heteroatoms. The molecular formula is C9H9F2NO. The summed E-state index contributed by atoms with van der Waals surface area (Å²) in [4.78, 5) is 0. The molecule has 0 saturated carbocycles. The Morgan fingerprint density at radius 3 is 2.92 bits per heavy atom. The van der Waals surface area contributed by atoms with Gasteiger partial charge < -0.3 is 10.5 Å². The largest absolute Gasteiger partial charge is 0.491 e. The third-order valence-electron chi connectivity index (χ3n) is 2.04. The molecule has 0 spiro atoms. The predicted octanol–water partition coefficient (Wildman–Crippen LogP) is 1.23. The van der Waals surface area contributed by atoms with Crippen LogP contribution in [0.1, 0.15) is 5.56 Å². The number of hydrogen-bond acceptors (Lipinski definition) is 2. The maximum Gasteiger partial charge on any atom is 0.133 e. The molecule has 70 valence electrons. The minimum Gasteiger partial charge on any atom is -0.491 e. The van der Waals surface area contributed by atoms with Crippen LogP contribution in [0.3, 0.4) is 0 Å². The summed E-state index contributed by atoms with van der Waals surface area (Å²) in [6, 6.07) is 1.83. The van der Waals surface area contributed by atoms with Crippen LogP contribution >= 0.6 is 0 Å². The van der Waals surface area contributed by atoms with E-state index < -0.39 is 11.6 Å². The summed E-state index contributed by atoms with van der Waals surface area (Å²) >= 11 is 0. The first-order chi connectivity index (χ1) is 6.16. The van der Waals surface area contributed by atoms with Crippen LogP contribution in [0.15, 0.2) is 12.1 Å². The molecule has 1 atom stereocenters. The third kappa shape index (κ3) is 1.49. The monoisotopic (exact) mass is 185 g/mol. The van der Waals surface area contributed by atoms with Gasteiger partial charge in [0.1, 0.15) is 24.0 Å². The Kier molecular flexibility index (Phi) is 1.92. The molecule has 0 saturated heterocycles. The molecule has 1 unspecified atom stereocenters. The lowest BCUT2D eigenvalue weighted by atomic mass is 10.0. The van der Waals surface area contributed by atoms with Gasteiger partial charge >= 0.3 is 0 Å². The second kappa shape index (κ2) is 2.96. The van der Waals surface area contributed by atoms with Crippen molar-refractivity contribution in [1.82, 2.24) is 0 Å². The van der Waals surface area contributed by atoms with Gasteiger partial charge in [-0.15, -0.1) is 0 Å². The fraction of sp³-hybridized carbons (Fsp3) is 0.333. The van der Waals surface area contributed by atoms with Crippen molar-refractivity contribution < 1.29 is 13.5 Å². The highest BCUT2D eigenvalue weighted by molar-refractivity contribution is 5.37. The summed E-state index contributed by atoms with van der Waals surface area (Å²) in [6.45, 7) is 0.315. The van der Waals surface area contributed by atoms with Gasteiger partial charge in [-0.3, -0.25) is 0 Å². The quantitative estimate of drug-likeness (QED) is 0.659. The smallest absolute Gasteiger partial charge is 0.133 e. The summed E-state index contributed by atoms with van der Waals surface area (Å²) in [7, 11) is 0. The Morgan fingerprint density at radius 1 is 1.38 bits per heavy atom. The molecule has 2 rings (SSSR count). The molecule has 2 nitrogen and oxygen atoms in total. The van der Waals surface area contributed by atoms with Crippen LogP contribution in [-0.2, 0) is 6.42 Å². The second-order valence-corrected chi connectivity index (χ2v) is 3.14. The van der Waals surface area contributed by atoms with Crippen molar-refractivity contribution in [1.29, 1.82) is 0 Å². The molecule has 0 bridgehead atoms. The molecule has 2 N–H and O–H groups in total. The fourth-order valence-electron chi connectivity index (χ4n) is 1.42. The Hall–Kier alpha value is -1.16. The van der Waals surface area contributed by atoms with E-state index in [4.69, 9.17) is 10.5 Å². The summed E-state index contributed by atoms with van der Waals surface area (Å²) in [5, 5.41) is 0. The van der Waals surface area contributed by atoms with Crippen LogP contribution in [0.5, 0.6) is 5.75 Å². The van der Waals surface area contributed by atoms with E-state index in [0.717, 1.165) is 6.07 Å². The minimum atomic E-state index is -0.619. The zero-order valence-electron chi connectivity index (χ0n) is 6.89. The van der Waals surface area contributed by atoms with Gasteiger partial charge in [0.2, 0.25) is 0 Å². The lowest BCUT2D eigenvalue weighted by Crippen LogP contribution is -2.34. The van der Waals surface area contributed by atoms with Crippen LogP contribution in [0.25, 0.3) is 0 Å². The molecule has 1 heterocycles. The Bertz CT molecular complexity index is 341. The topological polar surface area (TPSA) is 35.2 Å². The van der Waals surface area contributed by atoms with Crippen molar-refractivity contribution in [3.8, 4) is 5.75 Å². The van der Waals surface area contributed by atoms with E-state index in [-0.39, 0.29) is 11.8 Å². The zero-order valence-corrected chi connectivity index (χ0v) is 6.89. The van der Waals surface area contributed by atoms with Gasteiger partial charge in [0.15, 0.2) is 0 Å². The maximum absolute atomic E-state index is 13.1. The molecule has 0 fully saturated rings. The van der Waals surface area contributed by atoms with Gasteiger partial charge in [0.05, 0.1) is 0 Å². The summed E-state index contributed by atoms with van der Waals surface area (Å²) in [5.74, 6) is -0.920. The van der Waals surface area contributed by atoms with E-state index >= 15 is 0 Å². The van der Waals surface area contributed by atoms with Crippen LogP contribution in [-0.4, -0.2) is 12.6 Å². The first kappa shape index (κ1) is 8.44. The molecule has 0 amide bonds. The van der Waals surface area contributed by atoms with Crippen molar-refractivity contribution in [3.63, 3.8) is 0 Å². The highest BCUT2D eigenvalue weighted by atomic mass is 19.1. The van der Waals surface area contributed by atoms with Crippen LogP contribution < -0.4 is 10.5 Å². The molecule has 1 aromatic carbocycles. The van der Waals surface area contributed by atoms with Crippen molar-refractivity contribution >= 4 is 0 Å². The lowest BCUT2D eigenvalue weighted by Gasteiger charge is -2.22. The van der Waals surface area contributed by atoms with E-state index in [2.05, 4.69) is 0 Å². The number of fused-ring (bicyclic) bond motifs is 1. The van der Waals surface area contributed by atoms with Gasteiger partial charge in [-0.05, 0) is 6.42 Å². The number of halogens is 2. The molecule has 0 aromatic heterocycles. The normalized spacial score (nSPS) is 20.7. The molecular weight excluding hydrogens is 176 g/mol. The van der Waals surface area contributed by atoms with Crippen molar-refractivity contribution in [3.05, 3.63) is 29.3 Å². The molecule has 0 aliphatic carbocycles. The highest BCUT2D eigenvalue weighted by Gasteiger charge is 2.20. The Morgan fingerprint density at radius 2 is 2.15 bits per heavy atom. The van der Waals surface area contributed by atoms with Gasteiger partial charge in [-0.1, -0.05) is 0 Å². The van der Waals surface area contributed by atoms with E-state index in [0.29, 0.717) is 18.6 Å². The van der Waals surface area contributed by atoms with E-state index in [1.54, 1.807) is 0 Å². The first-order valence-electron chi connectivity index (χ1n) is 4.03. The summed E-state index contributed by atoms with van der Waals surface area (Å²) in [6.07, 6.45) is 0.404. The predicted molar refractivity (Wildman–Crippen MR) is 43.5 cm³/mol. The summed E-state index contributed by atoms with van der Waals surface area (Å²) in [5.41, 5.74) is 5.95. The average molecular weight is 185 g/mol.